The zero-order chi connectivity index (χ0) is 27.8. The van der Waals surface area contributed by atoms with Crippen molar-refractivity contribution in [1.82, 2.24) is 16.0 Å². The molecule has 3 amide bonds. The molecule has 0 aromatic carbocycles. The molecule has 0 aliphatic rings. The molecular weight excluding hydrogens is 480 g/mol. The van der Waals surface area contributed by atoms with Crippen LogP contribution in [-0.4, -0.2) is 101 Å². The summed E-state index contributed by atoms with van der Waals surface area (Å²) in [7, 11) is 0. The van der Waals surface area contributed by atoms with Crippen molar-refractivity contribution < 1.29 is 34.5 Å². The summed E-state index contributed by atoms with van der Waals surface area (Å²) in [5.41, 5.74) is 26.5. The SMILES string of the molecule is CC(O)C(N)C(=O)NC(CCCN=C(N)N)C(=O)NC(CO)C(=O)NC(CCCN=C(N)N)C(=O)O. The van der Waals surface area contributed by atoms with Crippen LogP contribution in [0.5, 0.6) is 0 Å². The third-order valence-corrected chi connectivity index (χ3v) is 4.78. The summed E-state index contributed by atoms with van der Waals surface area (Å²) in [4.78, 5) is 56.6. The molecule has 0 aromatic heterocycles. The number of aliphatic carboxylic acids is 1. The van der Waals surface area contributed by atoms with Crippen molar-refractivity contribution in [3.8, 4) is 0 Å². The van der Waals surface area contributed by atoms with Crippen LogP contribution in [0.2, 0.25) is 0 Å². The summed E-state index contributed by atoms with van der Waals surface area (Å²) >= 11 is 0. The Morgan fingerprint density at radius 2 is 1.19 bits per heavy atom. The van der Waals surface area contributed by atoms with Crippen molar-refractivity contribution in [3.05, 3.63) is 0 Å². The van der Waals surface area contributed by atoms with Crippen molar-refractivity contribution in [2.45, 2.75) is 62.9 Å². The topological polar surface area (TPSA) is 320 Å². The van der Waals surface area contributed by atoms with Crippen LogP contribution in [0.25, 0.3) is 0 Å². The van der Waals surface area contributed by atoms with E-state index in [0.29, 0.717) is 0 Å². The van der Waals surface area contributed by atoms with E-state index in [1.54, 1.807) is 0 Å². The van der Waals surface area contributed by atoms with E-state index in [4.69, 9.17) is 28.7 Å². The lowest BCUT2D eigenvalue weighted by Gasteiger charge is -2.24. The van der Waals surface area contributed by atoms with Gasteiger partial charge >= 0.3 is 5.97 Å². The van der Waals surface area contributed by atoms with Gasteiger partial charge in [-0.3, -0.25) is 24.4 Å². The maximum absolute atomic E-state index is 12.8. The number of nitrogens with one attached hydrogen (secondary N) is 3. The van der Waals surface area contributed by atoms with E-state index in [1.807, 2.05) is 0 Å². The Labute approximate surface area is 207 Å². The first kappa shape index (κ1) is 32.3. The van der Waals surface area contributed by atoms with Gasteiger partial charge in [0.2, 0.25) is 17.7 Å². The van der Waals surface area contributed by atoms with Crippen LogP contribution in [0.3, 0.4) is 0 Å². The molecule has 0 radical (unpaired) electrons. The molecule has 17 nitrogen and oxygen atoms in total. The molecule has 206 valence electrons. The smallest absolute Gasteiger partial charge is 0.326 e. The number of rotatable bonds is 17. The van der Waals surface area contributed by atoms with E-state index >= 15 is 0 Å². The molecule has 0 aliphatic heterocycles. The third-order valence-electron chi connectivity index (χ3n) is 4.78. The van der Waals surface area contributed by atoms with Crippen molar-refractivity contribution >= 4 is 35.6 Å². The Balaban J connectivity index is 5.31. The van der Waals surface area contributed by atoms with Gasteiger partial charge < -0.3 is 59.9 Å². The fourth-order valence-electron chi connectivity index (χ4n) is 2.76. The second-order valence-corrected chi connectivity index (χ2v) is 7.87. The van der Waals surface area contributed by atoms with Gasteiger partial charge in [0, 0.05) is 13.1 Å². The van der Waals surface area contributed by atoms with Crippen molar-refractivity contribution in [2.75, 3.05) is 19.7 Å². The molecule has 0 bridgehead atoms. The molecule has 0 fully saturated rings. The van der Waals surface area contributed by atoms with Crippen LogP contribution >= 0.6 is 0 Å². The fraction of sp³-hybridized carbons (Fsp3) is 0.684. The number of aliphatic hydroxyl groups excluding tert-OH is 2. The number of nitrogens with zero attached hydrogens (tertiary/aromatic N) is 2. The Kier molecular flexibility index (Phi) is 15.1. The lowest BCUT2D eigenvalue weighted by atomic mass is 10.1. The zero-order valence-electron chi connectivity index (χ0n) is 20.1. The summed E-state index contributed by atoms with van der Waals surface area (Å²) in [6.07, 6.45) is -0.731. The molecular formula is C19H38N10O7. The van der Waals surface area contributed by atoms with Crippen LogP contribution in [0, 0.1) is 0 Å². The van der Waals surface area contributed by atoms with Crippen molar-refractivity contribution in [2.24, 2.45) is 38.7 Å². The Morgan fingerprint density at radius 1 is 0.778 bits per heavy atom. The molecule has 0 spiro atoms. The van der Waals surface area contributed by atoms with Gasteiger partial charge in [-0.25, -0.2) is 4.79 Å². The highest BCUT2D eigenvalue weighted by atomic mass is 16.4. The molecule has 36 heavy (non-hydrogen) atoms. The minimum atomic E-state index is -1.53. The number of hydrogen-bond donors (Lipinski definition) is 11. The Bertz CT molecular complexity index is 797. The normalized spacial score (nSPS) is 14.8. The number of guanidine groups is 2. The minimum Gasteiger partial charge on any atom is -0.480 e. The van der Waals surface area contributed by atoms with Crippen LogP contribution in [-0.2, 0) is 19.2 Å². The highest BCUT2D eigenvalue weighted by molar-refractivity contribution is 5.94. The van der Waals surface area contributed by atoms with Crippen LogP contribution in [0.4, 0.5) is 0 Å². The first-order chi connectivity index (χ1) is 16.8. The molecule has 0 aromatic rings. The number of hydrogen-bond acceptors (Lipinski definition) is 9. The van der Waals surface area contributed by atoms with Crippen LogP contribution in [0.1, 0.15) is 32.6 Å². The summed E-state index contributed by atoms with van der Waals surface area (Å²) in [6.45, 7) is 0.701. The predicted octanol–water partition coefficient (Wildman–Crippen LogP) is -5.67. The average Bonchev–Trinajstić information content (AvgIpc) is 2.79. The summed E-state index contributed by atoms with van der Waals surface area (Å²) < 4.78 is 0. The van der Waals surface area contributed by atoms with E-state index < -0.39 is 60.6 Å². The number of aliphatic hydroxyl groups is 2. The first-order valence-corrected chi connectivity index (χ1v) is 11.1. The van der Waals surface area contributed by atoms with E-state index in [0.717, 1.165) is 0 Å². The molecule has 5 atom stereocenters. The highest BCUT2D eigenvalue weighted by Gasteiger charge is 2.30. The number of aliphatic imine (C=N–C) groups is 2. The lowest BCUT2D eigenvalue weighted by Crippen LogP contribution is -2.58. The van der Waals surface area contributed by atoms with Gasteiger partial charge in [-0.05, 0) is 32.6 Å². The zero-order valence-corrected chi connectivity index (χ0v) is 20.1. The number of carbonyl (C=O) groups is 4. The average molecular weight is 519 g/mol. The number of amides is 3. The second-order valence-electron chi connectivity index (χ2n) is 7.87. The monoisotopic (exact) mass is 518 g/mol. The van der Waals surface area contributed by atoms with Gasteiger partial charge in [0.15, 0.2) is 11.9 Å². The maximum atomic E-state index is 12.8. The van der Waals surface area contributed by atoms with Crippen molar-refractivity contribution in [1.29, 1.82) is 0 Å². The molecule has 0 heterocycles. The van der Waals surface area contributed by atoms with Crippen LogP contribution < -0.4 is 44.6 Å². The van der Waals surface area contributed by atoms with Gasteiger partial charge in [0.1, 0.15) is 24.2 Å². The third kappa shape index (κ3) is 13.3. The largest absolute Gasteiger partial charge is 0.480 e. The van der Waals surface area contributed by atoms with Crippen LogP contribution in [0.15, 0.2) is 9.98 Å². The second kappa shape index (κ2) is 16.8. The fourth-order valence-corrected chi connectivity index (χ4v) is 2.76. The summed E-state index contributed by atoms with van der Waals surface area (Å²) in [5, 5.41) is 35.4. The molecule has 0 rings (SSSR count). The molecule has 0 aliphatic carbocycles. The van der Waals surface area contributed by atoms with E-state index in [1.165, 1.54) is 6.92 Å². The highest BCUT2D eigenvalue weighted by Crippen LogP contribution is 2.03. The standard InChI is InChI=1S/C19H38N10O7/c1-9(31)13(20)16(34)27-10(4-2-6-25-18(21)22)14(32)29-12(8-30)15(33)28-11(17(35)36)5-3-7-26-19(23)24/h9-13,30-31H,2-8,20H2,1H3,(H,27,34)(H,28,33)(H,29,32)(H,35,36)(H4,21,22,25)(H4,23,24,26). The van der Waals surface area contributed by atoms with E-state index in [-0.39, 0.29) is 50.7 Å². The first-order valence-electron chi connectivity index (χ1n) is 11.1. The Hall–Kier alpha value is -3.70. The van der Waals surface area contributed by atoms with Gasteiger partial charge in [0.25, 0.3) is 0 Å². The quantitative estimate of drug-likeness (QED) is 0.0487. The van der Waals surface area contributed by atoms with Gasteiger partial charge in [-0.2, -0.15) is 0 Å². The number of carboxylic acid groups (broad SMARTS) is 1. The molecule has 0 saturated heterocycles. The molecule has 0 saturated carbocycles. The molecule has 17 heteroatoms. The van der Waals surface area contributed by atoms with Crippen molar-refractivity contribution in [3.63, 3.8) is 0 Å². The van der Waals surface area contributed by atoms with Gasteiger partial charge in [-0.15, -0.1) is 0 Å². The molecule has 5 unspecified atom stereocenters. The molecule has 16 N–H and O–H groups in total. The number of nitrogens with two attached hydrogens (primary N) is 5. The van der Waals surface area contributed by atoms with E-state index in [9.17, 15) is 34.5 Å². The van der Waals surface area contributed by atoms with E-state index in [2.05, 4.69) is 25.9 Å². The Morgan fingerprint density at radius 3 is 1.61 bits per heavy atom. The number of carboxylic acids is 1. The summed E-state index contributed by atoms with van der Waals surface area (Å²) in [6, 6.07) is -5.42. The number of carbonyl (C=O) groups excluding carboxylic acids is 3. The minimum absolute atomic E-state index is 0.0171. The van der Waals surface area contributed by atoms with Gasteiger partial charge in [-0.1, -0.05) is 0 Å². The van der Waals surface area contributed by atoms with Gasteiger partial charge in [0.05, 0.1) is 12.7 Å². The summed E-state index contributed by atoms with van der Waals surface area (Å²) in [5.74, 6) is -4.33. The maximum Gasteiger partial charge on any atom is 0.326 e. The lowest BCUT2D eigenvalue weighted by molar-refractivity contribution is -0.142. The predicted molar refractivity (Wildman–Crippen MR) is 130 cm³/mol.